The molecule has 0 radical (unpaired) electrons. The van der Waals surface area contributed by atoms with Crippen LogP contribution in [-0.4, -0.2) is 38.8 Å². The highest BCUT2D eigenvalue weighted by Gasteiger charge is 2.01. The largest absolute Gasteiger partial charge is 0.469 e. The number of nitrogens with one attached hydrogen (secondary N) is 2. The van der Waals surface area contributed by atoms with Crippen LogP contribution in [-0.2, 0) is 16.1 Å². The minimum atomic E-state index is -0.198. The minimum Gasteiger partial charge on any atom is -0.469 e. The lowest BCUT2D eigenvalue weighted by molar-refractivity contribution is -0.140. The Kier molecular flexibility index (Phi) is 7.53. The van der Waals surface area contributed by atoms with Gasteiger partial charge in [0.05, 0.1) is 7.11 Å². The van der Waals surface area contributed by atoms with E-state index in [4.69, 9.17) is 12.2 Å². The maximum Gasteiger partial charge on any atom is 0.305 e. The molecule has 2 N–H and O–H groups in total. The number of hydrogen-bond acceptors (Lipinski definition) is 4. The Morgan fingerprint density at radius 2 is 1.90 bits per heavy atom. The van der Waals surface area contributed by atoms with Gasteiger partial charge in [-0.15, -0.1) is 0 Å². The summed E-state index contributed by atoms with van der Waals surface area (Å²) in [6.45, 7) is 1.33. The summed E-state index contributed by atoms with van der Waals surface area (Å²) in [6.07, 6.45) is 1.10. The highest BCUT2D eigenvalue weighted by molar-refractivity contribution is 7.80. The molecule has 0 fully saturated rings. The molecular weight excluding hydrogens is 286 g/mol. The van der Waals surface area contributed by atoms with Crippen LogP contribution in [0.4, 0.5) is 5.69 Å². The molecule has 0 saturated carbocycles. The van der Waals surface area contributed by atoms with E-state index < -0.39 is 0 Å². The Morgan fingerprint density at radius 1 is 1.24 bits per heavy atom. The molecule has 0 aliphatic carbocycles. The van der Waals surface area contributed by atoms with Gasteiger partial charge in [-0.1, -0.05) is 12.1 Å². The van der Waals surface area contributed by atoms with Crippen molar-refractivity contribution in [3.8, 4) is 0 Å². The first-order valence-corrected chi connectivity index (χ1v) is 7.28. The molecule has 0 unspecified atom stereocenters. The van der Waals surface area contributed by atoms with Crippen molar-refractivity contribution < 1.29 is 9.53 Å². The molecule has 0 aromatic heterocycles. The number of carbonyl (C=O) groups excluding carboxylic acids is 1. The summed E-state index contributed by atoms with van der Waals surface area (Å²) < 4.78 is 4.57. The van der Waals surface area contributed by atoms with Crippen LogP contribution in [0, 0.1) is 0 Å². The minimum absolute atomic E-state index is 0.198. The average Bonchev–Trinajstić information content (AvgIpc) is 2.49. The van der Waals surface area contributed by atoms with E-state index in [-0.39, 0.29) is 5.97 Å². The van der Waals surface area contributed by atoms with Gasteiger partial charge < -0.3 is 20.3 Å². The summed E-state index contributed by atoms with van der Waals surface area (Å²) in [4.78, 5) is 13.0. The quantitative estimate of drug-likeness (QED) is 0.454. The van der Waals surface area contributed by atoms with E-state index in [1.165, 1.54) is 18.4 Å². The fraction of sp³-hybridized carbons (Fsp3) is 0.467. The molecule has 0 atom stereocenters. The molecule has 1 aromatic rings. The predicted octanol–water partition coefficient (Wildman–Crippen LogP) is 1.67. The standard InChI is InChI=1S/C15H23N3O2S/c1-18(2)13-8-6-12(7-9-13)11-17-15(21)16-10-4-5-14(19)20-3/h6-9H,4-5,10-11H2,1-3H3,(H2,16,17,21). The second kappa shape index (κ2) is 9.18. The smallest absolute Gasteiger partial charge is 0.305 e. The van der Waals surface area contributed by atoms with Gasteiger partial charge in [0.1, 0.15) is 0 Å². The van der Waals surface area contributed by atoms with Crippen molar-refractivity contribution in [1.82, 2.24) is 10.6 Å². The monoisotopic (exact) mass is 309 g/mol. The number of rotatable bonds is 7. The molecule has 0 aliphatic heterocycles. The Labute approximate surface area is 131 Å². The zero-order valence-electron chi connectivity index (χ0n) is 12.8. The summed E-state index contributed by atoms with van der Waals surface area (Å²) in [7, 11) is 5.42. The van der Waals surface area contributed by atoms with Crippen molar-refractivity contribution in [3.63, 3.8) is 0 Å². The van der Waals surface area contributed by atoms with Gasteiger partial charge in [0.2, 0.25) is 0 Å². The number of carbonyl (C=O) groups is 1. The van der Waals surface area contributed by atoms with Gasteiger partial charge in [-0.2, -0.15) is 0 Å². The summed E-state index contributed by atoms with van der Waals surface area (Å²) in [5.41, 5.74) is 2.33. The molecule has 21 heavy (non-hydrogen) atoms. The average molecular weight is 309 g/mol. The van der Waals surface area contributed by atoms with Crippen molar-refractivity contribution in [3.05, 3.63) is 29.8 Å². The maximum absolute atomic E-state index is 10.9. The van der Waals surface area contributed by atoms with Crippen molar-refractivity contribution in [1.29, 1.82) is 0 Å². The molecule has 1 aromatic carbocycles. The van der Waals surface area contributed by atoms with Gasteiger partial charge in [0.15, 0.2) is 5.11 Å². The van der Waals surface area contributed by atoms with E-state index >= 15 is 0 Å². The van der Waals surface area contributed by atoms with Crippen LogP contribution in [0.15, 0.2) is 24.3 Å². The number of anilines is 1. The molecule has 0 aliphatic rings. The second-order valence-electron chi connectivity index (χ2n) is 4.85. The van der Waals surface area contributed by atoms with Gasteiger partial charge in [-0.25, -0.2) is 0 Å². The van der Waals surface area contributed by atoms with Crippen LogP contribution in [0.25, 0.3) is 0 Å². The van der Waals surface area contributed by atoms with Crippen LogP contribution < -0.4 is 15.5 Å². The fourth-order valence-corrected chi connectivity index (χ4v) is 1.87. The number of ether oxygens (including phenoxy) is 1. The second-order valence-corrected chi connectivity index (χ2v) is 5.26. The Morgan fingerprint density at radius 3 is 2.48 bits per heavy atom. The molecule has 1 rings (SSSR count). The molecule has 0 saturated heterocycles. The van der Waals surface area contributed by atoms with Crippen LogP contribution in [0.5, 0.6) is 0 Å². The van der Waals surface area contributed by atoms with Gasteiger partial charge in [0, 0.05) is 39.3 Å². The first-order valence-electron chi connectivity index (χ1n) is 6.87. The van der Waals surface area contributed by atoms with Gasteiger partial charge in [0.25, 0.3) is 0 Å². The topological polar surface area (TPSA) is 53.6 Å². The molecule has 5 nitrogen and oxygen atoms in total. The van der Waals surface area contributed by atoms with Crippen molar-refractivity contribution in [2.75, 3.05) is 32.6 Å². The highest BCUT2D eigenvalue weighted by atomic mass is 32.1. The summed E-state index contributed by atoms with van der Waals surface area (Å²) >= 11 is 5.18. The van der Waals surface area contributed by atoms with Crippen LogP contribution in [0.2, 0.25) is 0 Å². The molecule has 0 heterocycles. The lowest BCUT2D eigenvalue weighted by Gasteiger charge is -2.13. The van der Waals surface area contributed by atoms with Crippen molar-refractivity contribution >= 4 is 29.0 Å². The Balaban J connectivity index is 2.22. The number of benzene rings is 1. The van der Waals surface area contributed by atoms with E-state index in [0.717, 1.165) is 0 Å². The molecule has 116 valence electrons. The first-order chi connectivity index (χ1) is 10.0. The SMILES string of the molecule is COC(=O)CCCNC(=S)NCc1ccc(N(C)C)cc1. The molecule has 0 spiro atoms. The normalized spacial score (nSPS) is 9.86. The third kappa shape index (κ3) is 6.94. The molecule has 0 bridgehead atoms. The lowest BCUT2D eigenvalue weighted by atomic mass is 10.2. The van der Waals surface area contributed by atoms with E-state index in [1.807, 2.05) is 14.1 Å². The number of hydrogen-bond donors (Lipinski definition) is 2. The Hall–Kier alpha value is -1.82. The fourth-order valence-electron chi connectivity index (χ4n) is 1.69. The van der Waals surface area contributed by atoms with Gasteiger partial charge in [-0.3, -0.25) is 4.79 Å². The molecule has 6 heteroatoms. The van der Waals surface area contributed by atoms with E-state index in [2.05, 4.69) is 44.5 Å². The van der Waals surface area contributed by atoms with E-state index in [9.17, 15) is 4.79 Å². The Bertz CT molecular complexity index is 460. The highest BCUT2D eigenvalue weighted by Crippen LogP contribution is 2.11. The molecular formula is C15H23N3O2S. The maximum atomic E-state index is 10.9. The van der Waals surface area contributed by atoms with Gasteiger partial charge in [-0.05, 0) is 36.3 Å². The van der Waals surface area contributed by atoms with E-state index in [0.29, 0.717) is 31.0 Å². The number of methoxy groups -OCH3 is 1. The number of thiocarbonyl (C=S) groups is 1. The lowest BCUT2D eigenvalue weighted by Crippen LogP contribution is -2.35. The molecule has 0 amide bonds. The van der Waals surface area contributed by atoms with E-state index in [1.54, 1.807) is 0 Å². The summed E-state index contributed by atoms with van der Waals surface area (Å²) in [5.74, 6) is -0.198. The zero-order chi connectivity index (χ0) is 15.7. The van der Waals surface area contributed by atoms with Gasteiger partial charge >= 0.3 is 5.97 Å². The van der Waals surface area contributed by atoms with Crippen LogP contribution in [0.1, 0.15) is 18.4 Å². The number of esters is 1. The summed E-state index contributed by atoms with van der Waals surface area (Å²) in [5, 5.41) is 6.80. The van der Waals surface area contributed by atoms with Crippen LogP contribution >= 0.6 is 12.2 Å². The van der Waals surface area contributed by atoms with Crippen molar-refractivity contribution in [2.24, 2.45) is 0 Å². The first kappa shape index (κ1) is 17.2. The van der Waals surface area contributed by atoms with Crippen LogP contribution in [0.3, 0.4) is 0 Å². The third-order valence-corrected chi connectivity index (χ3v) is 3.27. The predicted molar refractivity (Wildman–Crippen MR) is 89.5 cm³/mol. The third-order valence-electron chi connectivity index (χ3n) is 2.98. The zero-order valence-corrected chi connectivity index (χ0v) is 13.6. The number of nitrogens with zero attached hydrogens (tertiary/aromatic N) is 1. The van der Waals surface area contributed by atoms with Crippen molar-refractivity contribution in [2.45, 2.75) is 19.4 Å². The summed E-state index contributed by atoms with van der Waals surface area (Å²) in [6, 6.07) is 8.29.